The van der Waals surface area contributed by atoms with Crippen molar-refractivity contribution in [2.24, 2.45) is 0 Å². The molecule has 3 amide bonds. The maximum Gasteiger partial charge on any atom is 0.259 e. The van der Waals surface area contributed by atoms with Crippen molar-refractivity contribution in [1.82, 2.24) is 10.6 Å². The van der Waals surface area contributed by atoms with Crippen molar-refractivity contribution in [3.8, 4) is 0 Å². The Labute approximate surface area is 184 Å². The monoisotopic (exact) mass is 424 g/mol. The van der Waals surface area contributed by atoms with E-state index >= 15 is 0 Å². The number of amides is 3. The largest absolute Gasteiger partial charge is 0.385 e. The average molecular weight is 425 g/mol. The molecule has 0 saturated carbocycles. The van der Waals surface area contributed by atoms with Crippen molar-refractivity contribution in [2.75, 3.05) is 37.4 Å². The molecule has 7 nitrogen and oxygen atoms in total. The highest BCUT2D eigenvalue weighted by atomic mass is 16.2. The molecular formula is C24H32N4O3. The second kappa shape index (κ2) is 12.4. The van der Waals surface area contributed by atoms with Gasteiger partial charge in [-0.15, -0.1) is 0 Å². The van der Waals surface area contributed by atoms with Gasteiger partial charge in [-0.1, -0.05) is 25.1 Å². The smallest absolute Gasteiger partial charge is 0.259 e. The number of nitrogens with zero attached hydrogens (tertiary/aromatic N) is 1. The SMILES string of the molecule is CCc1cccc(NCCC(CCNC=O)c2ccc(C(=O)NC=O)c(N(C)C)c2)c1. The summed E-state index contributed by atoms with van der Waals surface area (Å²) in [5, 5.41) is 8.44. The van der Waals surface area contributed by atoms with Crippen LogP contribution in [0.4, 0.5) is 11.4 Å². The Morgan fingerprint density at radius 3 is 2.48 bits per heavy atom. The normalized spacial score (nSPS) is 11.3. The Morgan fingerprint density at radius 1 is 1.03 bits per heavy atom. The van der Waals surface area contributed by atoms with Crippen LogP contribution < -0.4 is 20.9 Å². The number of carbonyl (C=O) groups is 3. The fraction of sp³-hybridized carbons (Fsp3) is 0.375. The standard InChI is InChI=1S/C24H32N4O3/c1-4-18-6-5-7-21(14-18)26-13-11-19(10-12-25-16-29)20-8-9-22(24(31)27-17-30)23(15-20)28(2)3/h5-9,14-17,19,26H,4,10-13H2,1-3H3,(H,25,29)(H,27,30,31). The van der Waals surface area contributed by atoms with Crippen LogP contribution in [-0.4, -0.2) is 45.9 Å². The van der Waals surface area contributed by atoms with Gasteiger partial charge in [-0.2, -0.15) is 0 Å². The summed E-state index contributed by atoms with van der Waals surface area (Å²) in [4.78, 5) is 35.5. The molecule has 7 heteroatoms. The number of hydrogen-bond acceptors (Lipinski definition) is 5. The lowest BCUT2D eigenvalue weighted by molar-refractivity contribution is -0.110. The van der Waals surface area contributed by atoms with Gasteiger partial charge in [0.1, 0.15) is 0 Å². The first kappa shape index (κ1) is 23.9. The van der Waals surface area contributed by atoms with Crippen LogP contribution >= 0.6 is 0 Å². The minimum atomic E-state index is -0.429. The van der Waals surface area contributed by atoms with Crippen molar-refractivity contribution in [2.45, 2.75) is 32.1 Å². The summed E-state index contributed by atoms with van der Waals surface area (Å²) in [5.74, 6) is -0.238. The van der Waals surface area contributed by atoms with Crippen LogP contribution in [0.3, 0.4) is 0 Å². The molecule has 0 aromatic heterocycles. The molecule has 166 valence electrons. The van der Waals surface area contributed by atoms with Crippen LogP contribution in [0.5, 0.6) is 0 Å². The molecule has 0 aliphatic carbocycles. The molecule has 3 N–H and O–H groups in total. The van der Waals surface area contributed by atoms with Crippen molar-refractivity contribution in [3.05, 3.63) is 59.2 Å². The van der Waals surface area contributed by atoms with E-state index in [1.165, 1.54) is 5.56 Å². The summed E-state index contributed by atoms with van der Waals surface area (Å²) in [5.41, 5.74) is 4.66. The summed E-state index contributed by atoms with van der Waals surface area (Å²) in [6.07, 6.45) is 3.74. The Bertz CT molecular complexity index is 883. The number of benzene rings is 2. The van der Waals surface area contributed by atoms with Gasteiger partial charge in [0.05, 0.1) is 5.56 Å². The van der Waals surface area contributed by atoms with E-state index in [4.69, 9.17) is 0 Å². The number of rotatable bonds is 13. The lowest BCUT2D eigenvalue weighted by atomic mass is 9.90. The molecule has 0 aliphatic heterocycles. The number of carbonyl (C=O) groups excluding carboxylic acids is 3. The van der Waals surface area contributed by atoms with Gasteiger partial charge in [0.2, 0.25) is 12.8 Å². The number of hydrogen-bond donors (Lipinski definition) is 3. The van der Waals surface area contributed by atoms with E-state index in [1.54, 1.807) is 6.07 Å². The summed E-state index contributed by atoms with van der Waals surface area (Å²) >= 11 is 0. The second-order valence-electron chi connectivity index (χ2n) is 7.59. The van der Waals surface area contributed by atoms with E-state index < -0.39 is 5.91 Å². The van der Waals surface area contributed by atoms with Gasteiger partial charge in [-0.05, 0) is 60.6 Å². The molecule has 0 spiro atoms. The predicted molar refractivity (Wildman–Crippen MR) is 125 cm³/mol. The molecule has 1 atom stereocenters. The Morgan fingerprint density at radius 2 is 1.81 bits per heavy atom. The third kappa shape index (κ3) is 7.13. The van der Waals surface area contributed by atoms with Crippen LogP contribution in [0.15, 0.2) is 42.5 Å². The quantitative estimate of drug-likeness (QED) is 0.340. The summed E-state index contributed by atoms with van der Waals surface area (Å²) in [6, 6.07) is 14.1. The highest BCUT2D eigenvalue weighted by molar-refractivity contribution is 6.04. The lowest BCUT2D eigenvalue weighted by Crippen LogP contribution is -2.25. The number of nitrogens with one attached hydrogen (secondary N) is 3. The first-order chi connectivity index (χ1) is 15.0. The minimum Gasteiger partial charge on any atom is -0.385 e. The maximum absolute atomic E-state index is 12.2. The van der Waals surface area contributed by atoms with E-state index in [-0.39, 0.29) is 5.92 Å². The van der Waals surface area contributed by atoms with Crippen molar-refractivity contribution >= 4 is 30.1 Å². The first-order valence-electron chi connectivity index (χ1n) is 10.6. The zero-order valence-electron chi connectivity index (χ0n) is 18.5. The molecule has 0 aliphatic rings. The Kier molecular flexibility index (Phi) is 9.55. The zero-order valence-corrected chi connectivity index (χ0v) is 18.5. The molecule has 0 fully saturated rings. The van der Waals surface area contributed by atoms with Crippen molar-refractivity contribution in [3.63, 3.8) is 0 Å². The Balaban J connectivity index is 2.19. The summed E-state index contributed by atoms with van der Waals surface area (Å²) in [6.45, 7) is 3.49. The van der Waals surface area contributed by atoms with Crippen molar-refractivity contribution < 1.29 is 14.4 Å². The van der Waals surface area contributed by atoms with Gasteiger partial charge in [0, 0.05) is 38.6 Å². The summed E-state index contributed by atoms with van der Waals surface area (Å²) in [7, 11) is 3.73. The molecule has 2 aromatic carbocycles. The van der Waals surface area contributed by atoms with E-state index in [2.05, 4.69) is 47.1 Å². The molecule has 0 heterocycles. The number of anilines is 2. The van der Waals surface area contributed by atoms with Crippen LogP contribution in [0.25, 0.3) is 0 Å². The summed E-state index contributed by atoms with van der Waals surface area (Å²) < 4.78 is 0. The number of aryl methyl sites for hydroxylation is 1. The molecule has 1 unspecified atom stereocenters. The molecule has 2 aromatic rings. The van der Waals surface area contributed by atoms with Gasteiger partial charge < -0.3 is 15.5 Å². The molecular weight excluding hydrogens is 392 g/mol. The highest BCUT2D eigenvalue weighted by Gasteiger charge is 2.17. The van der Waals surface area contributed by atoms with Crippen LogP contribution in [0, 0.1) is 0 Å². The van der Waals surface area contributed by atoms with Crippen molar-refractivity contribution in [1.29, 1.82) is 0 Å². The predicted octanol–water partition coefficient (Wildman–Crippen LogP) is 2.92. The average Bonchev–Trinajstić information content (AvgIpc) is 2.78. The molecule has 31 heavy (non-hydrogen) atoms. The van der Waals surface area contributed by atoms with Gasteiger partial charge in [-0.25, -0.2) is 0 Å². The molecule has 0 saturated heterocycles. The fourth-order valence-electron chi connectivity index (χ4n) is 3.58. The Hall–Kier alpha value is -3.35. The van der Waals surface area contributed by atoms with Gasteiger partial charge in [0.15, 0.2) is 0 Å². The van der Waals surface area contributed by atoms with E-state index in [0.29, 0.717) is 24.9 Å². The maximum atomic E-state index is 12.2. The molecule has 0 bridgehead atoms. The first-order valence-corrected chi connectivity index (χ1v) is 10.6. The van der Waals surface area contributed by atoms with Crippen LogP contribution in [-0.2, 0) is 16.0 Å². The highest BCUT2D eigenvalue weighted by Crippen LogP contribution is 2.29. The topological polar surface area (TPSA) is 90.5 Å². The van der Waals surface area contributed by atoms with E-state index in [9.17, 15) is 14.4 Å². The molecule has 2 rings (SSSR count). The van der Waals surface area contributed by atoms with E-state index in [0.717, 1.165) is 42.7 Å². The number of imide groups is 1. The third-order valence-electron chi connectivity index (χ3n) is 5.29. The minimum absolute atomic E-state index is 0.191. The van der Waals surface area contributed by atoms with E-state index in [1.807, 2.05) is 31.1 Å². The fourth-order valence-corrected chi connectivity index (χ4v) is 3.58. The lowest BCUT2D eigenvalue weighted by Gasteiger charge is -2.22. The second-order valence-corrected chi connectivity index (χ2v) is 7.59. The van der Waals surface area contributed by atoms with Gasteiger partial charge >= 0.3 is 0 Å². The van der Waals surface area contributed by atoms with Crippen LogP contribution in [0.1, 0.15) is 47.2 Å². The van der Waals surface area contributed by atoms with Crippen LogP contribution in [0.2, 0.25) is 0 Å². The zero-order chi connectivity index (χ0) is 22.6. The molecule has 0 radical (unpaired) electrons. The van der Waals surface area contributed by atoms with Gasteiger partial charge in [-0.3, -0.25) is 19.7 Å². The third-order valence-corrected chi connectivity index (χ3v) is 5.29. The van der Waals surface area contributed by atoms with Gasteiger partial charge in [0.25, 0.3) is 5.91 Å².